The maximum absolute atomic E-state index is 12.0. The van der Waals surface area contributed by atoms with Gasteiger partial charge in [-0.25, -0.2) is 0 Å². The molecule has 0 atom stereocenters. The molecule has 22 heavy (non-hydrogen) atoms. The summed E-state index contributed by atoms with van der Waals surface area (Å²) >= 11 is 4.27. The van der Waals surface area contributed by atoms with Gasteiger partial charge in [-0.15, -0.1) is 12.6 Å². The predicted octanol–water partition coefficient (Wildman–Crippen LogP) is 5.02. The van der Waals surface area contributed by atoms with Gasteiger partial charge < -0.3 is 0 Å². The van der Waals surface area contributed by atoms with Gasteiger partial charge in [-0.2, -0.15) is 0 Å². The molecule has 0 amide bonds. The quantitative estimate of drug-likeness (QED) is 0.609. The zero-order valence-corrected chi connectivity index (χ0v) is 13.0. The first kappa shape index (κ1) is 14.6. The first-order valence-corrected chi connectivity index (χ1v) is 7.64. The zero-order valence-electron chi connectivity index (χ0n) is 12.1. The minimum atomic E-state index is 0.0150. The molecule has 2 aromatic carbocycles. The molecule has 0 unspecified atom stereocenters. The summed E-state index contributed by atoms with van der Waals surface area (Å²) in [5.41, 5.74) is 4.27. The zero-order chi connectivity index (χ0) is 15.4. The van der Waals surface area contributed by atoms with E-state index >= 15 is 0 Å². The first-order valence-electron chi connectivity index (χ1n) is 7.19. The average molecular weight is 304 g/mol. The molecule has 0 N–H and O–H groups in total. The van der Waals surface area contributed by atoms with Crippen LogP contribution in [0.1, 0.15) is 22.3 Å². The fourth-order valence-corrected chi connectivity index (χ4v) is 2.68. The second-order valence-electron chi connectivity index (χ2n) is 5.21. The molecule has 0 heterocycles. The van der Waals surface area contributed by atoms with E-state index in [1.165, 1.54) is 17.6 Å². The van der Waals surface area contributed by atoms with Gasteiger partial charge in [0.2, 0.25) is 0 Å². The second kappa shape index (κ2) is 6.63. The Hall–Kier alpha value is -2.32. The lowest BCUT2D eigenvalue weighted by molar-refractivity contribution is 0.103. The molecule has 108 valence electrons. The van der Waals surface area contributed by atoms with Crippen LogP contribution in [-0.2, 0) is 0 Å². The van der Waals surface area contributed by atoms with Crippen molar-refractivity contribution in [2.24, 2.45) is 0 Å². The Kier molecular flexibility index (Phi) is 4.40. The lowest BCUT2D eigenvalue weighted by Crippen LogP contribution is -2.01. The van der Waals surface area contributed by atoms with Crippen LogP contribution in [0.2, 0.25) is 0 Å². The summed E-state index contributed by atoms with van der Waals surface area (Å²) in [7, 11) is 0. The molecule has 2 aliphatic carbocycles. The van der Waals surface area contributed by atoms with Gasteiger partial charge in [-0.3, -0.25) is 4.79 Å². The third kappa shape index (κ3) is 3.29. The maximum atomic E-state index is 12.0. The van der Waals surface area contributed by atoms with Crippen LogP contribution in [0.25, 0.3) is 0 Å². The predicted molar refractivity (Wildman–Crippen MR) is 93.5 cm³/mol. The lowest BCUT2D eigenvalue weighted by atomic mass is 10.0. The second-order valence-corrected chi connectivity index (χ2v) is 5.69. The monoisotopic (exact) mass is 304 g/mol. The maximum Gasteiger partial charge on any atom is 0.194 e. The van der Waals surface area contributed by atoms with Crippen molar-refractivity contribution < 1.29 is 4.79 Å². The summed E-state index contributed by atoms with van der Waals surface area (Å²) < 4.78 is 0. The number of rotatable bonds is 2. The van der Waals surface area contributed by atoms with Crippen molar-refractivity contribution in [1.29, 1.82) is 0 Å². The standard InChI is InChI=1S/C13H10OS.C7H6/c14-13(10-6-2-1-3-7-10)11-8-4-5-9-12(11)15;1-2-7-4-3-6(1)5-7/h1-9,15H;1-4H,5H2. The topological polar surface area (TPSA) is 17.1 Å². The molecule has 0 radical (unpaired) electrons. The SMILES string of the molecule is C1=CC2=CC=C1C2.O=C(c1ccccc1)c1ccccc1S. The summed E-state index contributed by atoms with van der Waals surface area (Å²) in [5.74, 6) is 0.0150. The number of fused-ring (bicyclic) bond motifs is 2. The van der Waals surface area contributed by atoms with Crippen LogP contribution in [0.3, 0.4) is 0 Å². The highest BCUT2D eigenvalue weighted by Crippen LogP contribution is 2.27. The summed E-state index contributed by atoms with van der Waals surface area (Å²) in [6, 6.07) is 16.5. The Labute approximate surface area is 136 Å². The van der Waals surface area contributed by atoms with E-state index in [2.05, 4.69) is 36.9 Å². The van der Waals surface area contributed by atoms with Crippen LogP contribution in [-0.4, -0.2) is 5.78 Å². The van der Waals surface area contributed by atoms with E-state index in [-0.39, 0.29) is 5.78 Å². The third-order valence-electron chi connectivity index (χ3n) is 3.62. The highest BCUT2D eigenvalue weighted by molar-refractivity contribution is 7.80. The van der Waals surface area contributed by atoms with Gasteiger partial charge in [0.1, 0.15) is 0 Å². The molecule has 0 fully saturated rings. The van der Waals surface area contributed by atoms with E-state index < -0.39 is 0 Å². The minimum Gasteiger partial charge on any atom is -0.289 e. The van der Waals surface area contributed by atoms with E-state index in [0.717, 1.165) is 0 Å². The number of benzene rings is 2. The van der Waals surface area contributed by atoms with Crippen LogP contribution in [0.15, 0.2) is 94.9 Å². The van der Waals surface area contributed by atoms with E-state index in [4.69, 9.17) is 0 Å². The summed E-state index contributed by atoms with van der Waals surface area (Å²) in [4.78, 5) is 12.7. The smallest absolute Gasteiger partial charge is 0.194 e. The van der Waals surface area contributed by atoms with E-state index in [0.29, 0.717) is 16.0 Å². The first-order chi connectivity index (χ1) is 10.7. The van der Waals surface area contributed by atoms with Gasteiger partial charge in [0.25, 0.3) is 0 Å². The molecule has 4 rings (SSSR count). The van der Waals surface area contributed by atoms with Crippen LogP contribution < -0.4 is 0 Å². The van der Waals surface area contributed by atoms with Gasteiger partial charge >= 0.3 is 0 Å². The summed E-state index contributed by atoms with van der Waals surface area (Å²) in [6.07, 6.45) is 9.90. The van der Waals surface area contributed by atoms with Crippen molar-refractivity contribution >= 4 is 18.4 Å². The van der Waals surface area contributed by atoms with Crippen molar-refractivity contribution in [2.45, 2.75) is 11.3 Å². The molecule has 0 spiro atoms. The van der Waals surface area contributed by atoms with Gasteiger partial charge in [0, 0.05) is 16.0 Å². The van der Waals surface area contributed by atoms with Crippen LogP contribution in [0.4, 0.5) is 0 Å². The number of ketones is 1. The molecular weight excluding hydrogens is 288 g/mol. The Morgan fingerprint density at radius 2 is 1.41 bits per heavy atom. The minimum absolute atomic E-state index is 0.0150. The number of hydrogen-bond donors (Lipinski definition) is 1. The number of carbonyl (C=O) groups excluding carboxylic acids is 1. The van der Waals surface area contributed by atoms with Crippen LogP contribution >= 0.6 is 12.6 Å². The Morgan fingerprint density at radius 1 is 0.818 bits per heavy atom. The molecule has 0 saturated carbocycles. The molecule has 2 aliphatic rings. The van der Waals surface area contributed by atoms with Gasteiger partial charge in [-0.05, 0) is 29.7 Å². The van der Waals surface area contributed by atoms with Crippen molar-refractivity contribution in [2.75, 3.05) is 0 Å². The molecule has 2 aromatic rings. The Morgan fingerprint density at radius 3 is 1.91 bits per heavy atom. The van der Waals surface area contributed by atoms with Crippen molar-refractivity contribution in [3.05, 3.63) is 101 Å². The normalized spacial score (nSPS) is 14.0. The highest BCUT2D eigenvalue weighted by Gasteiger charge is 2.10. The van der Waals surface area contributed by atoms with Gasteiger partial charge in [-0.1, -0.05) is 66.8 Å². The van der Waals surface area contributed by atoms with Crippen LogP contribution in [0.5, 0.6) is 0 Å². The molecular formula is C20H16OS. The number of hydrogen-bond acceptors (Lipinski definition) is 2. The highest BCUT2D eigenvalue weighted by atomic mass is 32.1. The van der Waals surface area contributed by atoms with Gasteiger partial charge in [0.15, 0.2) is 5.78 Å². The fourth-order valence-electron chi connectivity index (χ4n) is 2.42. The summed E-state index contributed by atoms with van der Waals surface area (Å²) in [6.45, 7) is 0. The van der Waals surface area contributed by atoms with Crippen molar-refractivity contribution in [3.8, 4) is 0 Å². The van der Waals surface area contributed by atoms with E-state index in [1.54, 1.807) is 6.07 Å². The number of thiol groups is 1. The molecule has 1 nitrogen and oxygen atoms in total. The van der Waals surface area contributed by atoms with Crippen molar-refractivity contribution in [1.82, 2.24) is 0 Å². The average Bonchev–Trinajstić information content (AvgIpc) is 3.22. The van der Waals surface area contributed by atoms with E-state index in [9.17, 15) is 4.79 Å². The van der Waals surface area contributed by atoms with E-state index in [1.807, 2.05) is 48.5 Å². The molecule has 0 aliphatic heterocycles. The fraction of sp³-hybridized carbons (Fsp3) is 0.0500. The molecule has 0 aromatic heterocycles. The lowest BCUT2D eigenvalue weighted by Gasteiger charge is -2.03. The Balaban J connectivity index is 0.000000169. The molecule has 2 bridgehead atoms. The Bertz CT molecular complexity index is 762. The number of carbonyl (C=O) groups is 1. The summed E-state index contributed by atoms with van der Waals surface area (Å²) in [5, 5.41) is 0. The number of allylic oxidation sites excluding steroid dienone is 6. The molecule has 0 saturated heterocycles. The largest absolute Gasteiger partial charge is 0.289 e. The van der Waals surface area contributed by atoms with Crippen molar-refractivity contribution in [3.63, 3.8) is 0 Å². The third-order valence-corrected chi connectivity index (χ3v) is 4.01. The van der Waals surface area contributed by atoms with Crippen LogP contribution in [0, 0.1) is 0 Å². The molecule has 2 heteroatoms. The van der Waals surface area contributed by atoms with Gasteiger partial charge in [0.05, 0.1) is 0 Å².